The van der Waals surface area contributed by atoms with Crippen molar-refractivity contribution in [3.63, 3.8) is 0 Å². The van der Waals surface area contributed by atoms with Crippen molar-refractivity contribution in [3.05, 3.63) is 206 Å². The van der Waals surface area contributed by atoms with E-state index in [0.717, 1.165) is 0 Å². The molecule has 0 heteroatoms. The molecule has 0 aliphatic carbocycles. The van der Waals surface area contributed by atoms with Gasteiger partial charge in [-0.3, -0.25) is 0 Å². The molecule has 258 valence electrons. The van der Waals surface area contributed by atoms with Crippen LogP contribution in [0.1, 0.15) is 0 Å². The Balaban J connectivity index is 1.31. The Hall–Kier alpha value is -7.28. The zero-order chi connectivity index (χ0) is 36.7. The van der Waals surface area contributed by atoms with Crippen molar-refractivity contribution in [2.24, 2.45) is 0 Å². The molecule has 12 aromatic rings. The summed E-state index contributed by atoms with van der Waals surface area (Å²) in [4.78, 5) is 0. The van der Waals surface area contributed by atoms with Crippen molar-refractivity contribution < 1.29 is 0 Å². The molecule has 0 N–H and O–H groups in total. The second-order valence-corrected chi connectivity index (χ2v) is 15.1. The van der Waals surface area contributed by atoms with Gasteiger partial charge < -0.3 is 0 Å². The summed E-state index contributed by atoms with van der Waals surface area (Å²) < 4.78 is 0. The third-order valence-corrected chi connectivity index (χ3v) is 12.2. The molecule has 0 heterocycles. The Morgan fingerprint density at radius 3 is 0.661 bits per heavy atom. The number of hydrogen-bond acceptors (Lipinski definition) is 0. The highest BCUT2D eigenvalue weighted by Crippen LogP contribution is 2.51. The maximum atomic E-state index is 2.47. The van der Waals surface area contributed by atoms with Crippen LogP contribution in [-0.2, 0) is 0 Å². The first kappa shape index (κ1) is 31.1. The molecule has 0 radical (unpaired) electrons. The van der Waals surface area contributed by atoms with E-state index in [1.807, 2.05) is 0 Å². The number of fused-ring (bicyclic) bond motifs is 4. The van der Waals surface area contributed by atoms with E-state index in [0.29, 0.717) is 0 Å². The standard InChI is InChI=1S/C56H34/c1-5-21-39-35(13-1)17-9-25-43(39)51-33-52(44-26-10-18-36-14-2-6-22-40(36)44)48-31-32-50-54(46-28-12-20-38-16-4-8-24-42(38)46)34-53(49-30-29-47(51)55(48)56(49)50)45-27-11-19-37-15-3-7-23-41(37)45/h1-34H. The fraction of sp³-hybridized carbons (Fsp3) is 0. The molecule has 56 heavy (non-hydrogen) atoms. The van der Waals surface area contributed by atoms with Crippen molar-refractivity contribution in [3.8, 4) is 44.5 Å². The van der Waals surface area contributed by atoms with Crippen molar-refractivity contribution in [2.75, 3.05) is 0 Å². The van der Waals surface area contributed by atoms with E-state index >= 15 is 0 Å². The molecule has 0 saturated heterocycles. The first-order valence-corrected chi connectivity index (χ1v) is 19.5. The quantitative estimate of drug-likeness (QED) is 0.160. The van der Waals surface area contributed by atoms with Gasteiger partial charge in [-0.15, -0.1) is 0 Å². The molecule has 0 fully saturated rings. The van der Waals surface area contributed by atoms with Crippen LogP contribution in [0.15, 0.2) is 206 Å². The second kappa shape index (κ2) is 12.1. The van der Waals surface area contributed by atoms with Crippen molar-refractivity contribution in [1.82, 2.24) is 0 Å². The molecule has 0 amide bonds. The summed E-state index contributed by atoms with van der Waals surface area (Å²) in [6.07, 6.45) is 0. The minimum atomic E-state index is 1.25. The molecule has 0 spiro atoms. The van der Waals surface area contributed by atoms with Gasteiger partial charge in [-0.2, -0.15) is 0 Å². The van der Waals surface area contributed by atoms with E-state index in [-0.39, 0.29) is 0 Å². The van der Waals surface area contributed by atoms with E-state index in [9.17, 15) is 0 Å². The predicted octanol–water partition coefficient (Wildman–Crippen LogP) is 15.9. The van der Waals surface area contributed by atoms with E-state index in [2.05, 4.69) is 206 Å². The summed E-state index contributed by atoms with van der Waals surface area (Å²) in [5, 5.41) is 17.8. The number of hydrogen-bond donors (Lipinski definition) is 0. The lowest BCUT2D eigenvalue weighted by molar-refractivity contribution is 1.66. The molecular weight excluding hydrogens is 673 g/mol. The van der Waals surface area contributed by atoms with Crippen LogP contribution >= 0.6 is 0 Å². The Morgan fingerprint density at radius 2 is 0.393 bits per heavy atom. The third kappa shape index (κ3) is 4.54. The zero-order valence-electron chi connectivity index (χ0n) is 30.6. The molecule has 12 aromatic carbocycles. The fourth-order valence-corrected chi connectivity index (χ4v) is 9.73. The summed E-state index contributed by atoms with van der Waals surface area (Å²) in [5.74, 6) is 0. The topological polar surface area (TPSA) is 0 Å². The molecular formula is C56H34. The van der Waals surface area contributed by atoms with Crippen LogP contribution in [0, 0.1) is 0 Å². The summed E-state index contributed by atoms with van der Waals surface area (Å²) in [6, 6.07) is 76.8. The molecule has 0 aromatic heterocycles. The summed E-state index contributed by atoms with van der Waals surface area (Å²) in [7, 11) is 0. The predicted molar refractivity (Wildman–Crippen MR) is 242 cm³/mol. The normalized spacial score (nSPS) is 11.9. The molecule has 0 atom stereocenters. The number of benzene rings is 12. The van der Waals surface area contributed by atoms with Gasteiger partial charge in [0.25, 0.3) is 0 Å². The maximum absolute atomic E-state index is 2.47. The number of rotatable bonds is 4. The highest BCUT2D eigenvalue weighted by molar-refractivity contribution is 6.33. The van der Waals surface area contributed by atoms with Gasteiger partial charge >= 0.3 is 0 Å². The van der Waals surface area contributed by atoms with Crippen LogP contribution in [0.4, 0.5) is 0 Å². The SMILES string of the molecule is c1ccc2c(-c3cc(-c4cccc5ccccc45)c4ccc5c(-c6cccc7ccccc67)cc(-c6cccc7ccccc67)c6ccc3c4c65)cccc2c1. The molecule has 0 aliphatic rings. The van der Waals surface area contributed by atoms with Gasteiger partial charge in [0.15, 0.2) is 0 Å². The fourth-order valence-electron chi connectivity index (χ4n) is 9.73. The lowest BCUT2D eigenvalue weighted by Gasteiger charge is -2.23. The maximum Gasteiger partial charge on any atom is -0.00139 e. The first-order valence-electron chi connectivity index (χ1n) is 19.5. The van der Waals surface area contributed by atoms with Crippen molar-refractivity contribution in [2.45, 2.75) is 0 Å². The van der Waals surface area contributed by atoms with Gasteiger partial charge in [0.1, 0.15) is 0 Å². The van der Waals surface area contributed by atoms with Gasteiger partial charge in [-0.25, -0.2) is 0 Å². The van der Waals surface area contributed by atoms with Gasteiger partial charge in [0, 0.05) is 0 Å². The smallest absolute Gasteiger partial charge is 0.00139 e. The van der Waals surface area contributed by atoms with Crippen LogP contribution in [0.2, 0.25) is 0 Å². The Labute approximate surface area is 324 Å². The van der Waals surface area contributed by atoms with Gasteiger partial charge in [0.05, 0.1) is 0 Å². The molecule has 0 unspecified atom stereocenters. The van der Waals surface area contributed by atoms with Gasteiger partial charge in [-0.05, 0) is 132 Å². The first-order chi connectivity index (χ1) is 27.8. The highest BCUT2D eigenvalue weighted by atomic mass is 14.3. The van der Waals surface area contributed by atoms with Gasteiger partial charge in [-0.1, -0.05) is 194 Å². The molecule has 12 rings (SSSR count). The van der Waals surface area contributed by atoms with Crippen LogP contribution < -0.4 is 0 Å². The minimum absolute atomic E-state index is 1.25. The molecule has 0 saturated carbocycles. The van der Waals surface area contributed by atoms with Crippen LogP contribution in [0.25, 0.3) is 120 Å². The Bertz CT molecular complexity index is 3050. The monoisotopic (exact) mass is 706 g/mol. The molecule has 0 nitrogen and oxygen atoms in total. The second-order valence-electron chi connectivity index (χ2n) is 15.1. The van der Waals surface area contributed by atoms with E-state index in [1.54, 1.807) is 0 Å². The molecule has 0 bridgehead atoms. The van der Waals surface area contributed by atoms with Crippen molar-refractivity contribution >= 4 is 75.4 Å². The Morgan fingerprint density at radius 1 is 0.161 bits per heavy atom. The minimum Gasteiger partial charge on any atom is -0.0616 e. The largest absolute Gasteiger partial charge is 0.0616 e. The van der Waals surface area contributed by atoms with Gasteiger partial charge in [0.2, 0.25) is 0 Å². The van der Waals surface area contributed by atoms with Crippen LogP contribution in [-0.4, -0.2) is 0 Å². The lowest BCUT2D eigenvalue weighted by Crippen LogP contribution is -1.95. The average Bonchev–Trinajstić information content (AvgIpc) is 3.27. The summed E-state index contributed by atoms with van der Waals surface area (Å²) in [5.41, 5.74) is 10.1. The van der Waals surface area contributed by atoms with E-state index in [1.165, 1.54) is 120 Å². The Kier molecular flexibility index (Phi) is 6.73. The summed E-state index contributed by atoms with van der Waals surface area (Å²) >= 11 is 0. The average molecular weight is 707 g/mol. The lowest BCUT2D eigenvalue weighted by atomic mass is 9.80. The zero-order valence-corrected chi connectivity index (χ0v) is 30.6. The van der Waals surface area contributed by atoms with Crippen LogP contribution in [0.3, 0.4) is 0 Å². The molecule has 0 aliphatic heterocycles. The third-order valence-electron chi connectivity index (χ3n) is 12.2. The van der Waals surface area contributed by atoms with Crippen molar-refractivity contribution in [1.29, 1.82) is 0 Å². The summed E-state index contributed by atoms with van der Waals surface area (Å²) in [6.45, 7) is 0. The van der Waals surface area contributed by atoms with E-state index in [4.69, 9.17) is 0 Å². The van der Waals surface area contributed by atoms with E-state index < -0.39 is 0 Å². The highest BCUT2D eigenvalue weighted by Gasteiger charge is 2.23. The van der Waals surface area contributed by atoms with Crippen LogP contribution in [0.5, 0.6) is 0 Å².